The van der Waals surface area contributed by atoms with Crippen LogP contribution in [0.3, 0.4) is 0 Å². The number of amides is 1. The molecule has 10 heteroatoms. The van der Waals surface area contributed by atoms with Crippen LogP contribution in [-0.2, 0) is 31.3 Å². The lowest BCUT2D eigenvalue weighted by Crippen LogP contribution is -2.31. The Morgan fingerprint density at radius 2 is 1.48 bits per heavy atom. The zero-order valence-corrected chi connectivity index (χ0v) is 16.1. The van der Waals surface area contributed by atoms with Crippen LogP contribution in [0, 0.1) is 0 Å². The second-order valence-electron chi connectivity index (χ2n) is 5.75. The van der Waals surface area contributed by atoms with Crippen molar-refractivity contribution in [3.8, 4) is 0 Å². The molecule has 0 aliphatic rings. The maximum Gasteiger partial charge on any atom is 0.240 e. The average molecular weight is 412 g/mol. The smallest absolute Gasteiger partial charge is 0.240 e. The van der Waals surface area contributed by atoms with Crippen molar-refractivity contribution in [2.45, 2.75) is 22.6 Å². The fourth-order valence-electron chi connectivity index (χ4n) is 2.26. The van der Waals surface area contributed by atoms with Gasteiger partial charge in [-0.15, -0.1) is 0 Å². The van der Waals surface area contributed by atoms with Crippen LogP contribution in [0.1, 0.15) is 12.0 Å². The monoisotopic (exact) mass is 411 g/mol. The number of carbonyl (C=O) groups is 1. The van der Waals surface area contributed by atoms with Crippen LogP contribution in [0.4, 0.5) is 0 Å². The lowest BCUT2D eigenvalue weighted by molar-refractivity contribution is -0.120. The first-order valence-electron chi connectivity index (χ1n) is 8.12. The molecule has 8 nitrogen and oxygen atoms in total. The third kappa shape index (κ3) is 6.75. The van der Waals surface area contributed by atoms with E-state index in [0.29, 0.717) is 13.0 Å². The van der Waals surface area contributed by atoms with Gasteiger partial charge in [0.05, 0.1) is 9.79 Å². The van der Waals surface area contributed by atoms with Gasteiger partial charge in [-0.3, -0.25) is 4.79 Å². The molecule has 0 atom stereocenters. The van der Waals surface area contributed by atoms with Crippen molar-refractivity contribution in [2.75, 3.05) is 13.1 Å². The normalized spacial score (nSPS) is 11.9. The summed E-state index contributed by atoms with van der Waals surface area (Å²) in [5, 5.41) is 7.71. The molecule has 2 rings (SSSR count). The fourth-order valence-corrected chi connectivity index (χ4v) is 3.83. The van der Waals surface area contributed by atoms with Gasteiger partial charge in [0, 0.05) is 19.5 Å². The largest absolute Gasteiger partial charge is 0.356 e. The van der Waals surface area contributed by atoms with Gasteiger partial charge in [-0.05, 0) is 36.2 Å². The molecule has 0 bridgehead atoms. The first-order valence-corrected chi connectivity index (χ1v) is 11.1. The molecule has 0 fully saturated rings. The maximum atomic E-state index is 12.0. The Morgan fingerprint density at radius 3 is 2.07 bits per heavy atom. The molecule has 0 saturated carbocycles. The molecule has 27 heavy (non-hydrogen) atoms. The van der Waals surface area contributed by atoms with E-state index < -0.39 is 20.0 Å². The second kappa shape index (κ2) is 9.09. The van der Waals surface area contributed by atoms with Crippen LogP contribution in [0.25, 0.3) is 0 Å². The molecule has 0 aliphatic heterocycles. The Hall–Kier alpha value is -2.27. The van der Waals surface area contributed by atoms with Gasteiger partial charge in [0.2, 0.25) is 26.0 Å². The number of nitrogens with one attached hydrogen (secondary N) is 2. The zero-order chi connectivity index (χ0) is 19.9. The number of carbonyl (C=O) groups excluding carboxylic acids is 1. The standard InChI is InChI=1S/C17H21N3O5S2/c18-26(22,23)15-8-6-14(7-9-15)10-12-19-17(21)11-13-20-27(24,25)16-4-2-1-3-5-16/h1-9,20H,10-13H2,(H,19,21)(H2,18,22,23). The Labute approximate surface area is 158 Å². The van der Waals surface area contributed by atoms with E-state index in [2.05, 4.69) is 10.0 Å². The molecule has 2 aromatic rings. The van der Waals surface area contributed by atoms with E-state index in [-0.39, 0.29) is 28.7 Å². The van der Waals surface area contributed by atoms with Gasteiger partial charge in [0.1, 0.15) is 0 Å². The minimum absolute atomic E-state index is 0.00782. The van der Waals surface area contributed by atoms with Crippen LogP contribution in [-0.4, -0.2) is 35.8 Å². The molecule has 146 valence electrons. The molecule has 0 spiro atoms. The fraction of sp³-hybridized carbons (Fsp3) is 0.235. The molecular formula is C17H21N3O5S2. The maximum absolute atomic E-state index is 12.0. The SMILES string of the molecule is NS(=O)(=O)c1ccc(CCNC(=O)CCNS(=O)(=O)c2ccccc2)cc1. The summed E-state index contributed by atoms with van der Waals surface area (Å²) in [6.07, 6.45) is 0.517. The zero-order valence-electron chi connectivity index (χ0n) is 14.5. The first-order chi connectivity index (χ1) is 12.7. The number of rotatable bonds is 9. The van der Waals surface area contributed by atoms with E-state index in [1.54, 1.807) is 30.3 Å². The summed E-state index contributed by atoms with van der Waals surface area (Å²) in [6.45, 7) is 0.338. The minimum atomic E-state index is -3.72. The number of hydrogen-bond donors (Lipinski definition) is 3. The predicted octanol–water partition coefficient (Wildman–Crippen LogP) is 0.361. The van der Waals surface area contributed by atoms with Gasteiger partial charge < -0.3 is 5.32 Å². The van der Waals surface area contributed by atoms with Crippen LogP contribution in [0.5, 0.6) is 0 Å². The topological polar surface area (TPSA) is 135 Å². The molecule has 0 aliphatic carbocycles. The number of sulfonamides is 2. The van der Waals surface area contributed by atoms with Crippen molar-refractivity contribution >= 4 is 26.0 Å². The Kier molecular flexibility index (Phi) is 7.08. The van der Waals surface area contributed by atoms with Gasteiger partial charge >= 0.3 is 0 Å². The predicted molar refractivity (Wildman–Crippen MR) is 101 cm³/mol. The lowest BCUT2D eigenvalue weighted by atomic mass is 10.1. The Bertz CT molecular complexity index is 973. The lowest BCUT2D eigenvalue weighted by Gasteiger charge is -2.08. The third-order valence-corrected chi connectivity index (χ3v) is 6.09. The summed E-state index contributed by atoms with van der Waals surface area (Å²) in [5.74, 6) is -0.285. The second-order valence-corrected chi connectivity index (χ2v) is 9.08. The van der Waals surface area contributed by atoms with Crippen LogP contribution in [0.15, 0.2) is 64.4 Å². The number of benzene rings is 2. The van der Waals surface area contributed by atoms with Crippen molar-refractivity contribution in [2.24, 2.45) is 5.14 Å². The van der Waals surface area contributed by atoms with E-state index in [1.165, 1.54) is 24.3 Å². The summed E-state index contributed by atoms with van der Waals surface area (Å²) in [4.78, 5) is 12.0. The highest BCUT2D eigenvalue weighted by Crippen LogP contribution is 2.09. The number of hydrogen-bond acceptors (Lipinski definition) is 5. The van der Waals surface area contributed by atoms with Crippen molar-refractivity contribution in [1.82, 2.24) is 10.0 Å². The summed E-state index contributed by atoms with van der Waals surface area (Å²) >= 11 is 0. The molecule has 2 aromatic carbocycles. The van der Waals surface area contributed by atoms with Crippen LogP contribution in [0.2, 0.25) is 0 Å². The van der Waals surface area contributed by atoms with Crippen molar-refractivity contribution in [3.05, 3.63) is 60.2 Å². The number of primary sulfonamides is 1. The third-order valence-electron chi connectivity index (χ3n) is 3.69. The van der Waals surface area contributed by atoms with Gasteiger partial charge in [0.15, 0.2) is 0 Å². The van der Waals surface area contributed by atoms with E-state index in [4.69, 9.17) is 5.14 Å². The molecule has 0 unspecified atom stereocenters. The van der Waals surface area contributed by atoms with Crippen molar-refractivity contribution in [1.29, 1.82) is 0 Å². The quantitative estimate of drug-likeness (QED) is 0.547. The minimum Gasteiger partial charge on any atom is -0.356 e. The van der Waals surface area contributed by atoms with Gasteiger partial charge in [0.25, 0.3) is 0 Å². The van der Waals surface area contributed by atoms with Gasteiger partial charge in [-0.25, -0.2) is 26.7 Å². The highest BCUT2D eigenvalue weighted by atomic mass is 32.2. The molecule has 0 heterocycles. The highest BCUT2D eigenvalue weighted by molar-refractivity contribution is 7.89. The van der Waals surface area contributed by atoms with Gasteiger partial charge in [-0.2, -0.15) is 0 Å². The van der Waals surface area contributed by atoms with Crippen LogP contribution >= 0.6 is 0 Å². The first kappa shape index (κ1) is 21.0. The van der Waals surface area contributed by atoms with Crippen LogP contribution < -0.4 is 15.2 Å². The van der Waals surface area contributed by atoms with Crippen molar-refractivity contribution < 1.29 is 21.6 Å². The van der Waals surface area contributed by atoms with E-state index in [9.17, 15) is 21.6 Å². The van der Waals surface area contributed by atoms with Gasteiger partial charge in [-0.1, -0.05) is 30.3 Å². The highest BCUT2D eigenvalue weighted by Gasteiger charge is 2.13. The molecule has 0 aromatic heterocycles. The molecule has 0 saturated heterocycles. The summed E-state index contributed by atoms with van der Waals surface area (Å²) in [7, 11) is -7.35. The summed E-state index contributed by atoms with van der Waals surface area (Å²) in [6, 6.07) is 14.0. The summed E-state index contributed by atoms with van der Waals surface area (Å²) < 4.78 is 48.8. The molecular weight excluding hydrogens is 390 g/mol. The Balaban J connectivity index is 1.72. The molecule has 0 radical (unpaired) electrons. The molecule has 4 N–H and O–H groups in total. The molecule has 1 amide bonds. The van der Waals surface area contributed by atoms with E-state index in [0.717, 1.165) is 5.56 Å². The van der Waals surface area contributed by atoms with E-state index in [1.807, 2.05) is 0 Å². The van der Waals surface area contributed by atoms with Crippen molar-refractivity contribution in [3.63, 3.8) is 0 Å². The Morgan fingerprint density at radius 1 is 0.852 bits per heavy atom. The average Bonchev–Trinajstić information content (AvgIpc) is 2.62. The van der Waals surface area contributed by atoms with E-state index >= 15 is 0 Å². The summed E-state index contributed by atoms with van der Waals surface area (Å²) in [5.41, 5.74) is 0.840. The number of nitrogens with two attached hydrogens (primary N) is 1.